The van der Waals surface area contributed by atoms with Crippen molar-refractivity contribution in [1.82, 2.24) is 10.1 Å². The maximum absolute atomic E-state index is 9.39. The highest BCUT2D eigenvalue weighted by Gasteiger charge is 2.13. The minimum atomic E-state index is -0.0842. The van der Waals surface area contributed by atoms with E-state index in [2.05, 4.69) is 26.1 Å². The minimum absolute atomic E-state index is 0.0842. The molecule has 20 heavy (non-hydrogen) atoms. The van der Waals surface area contributed by atoms with E-state index >= 15 is 0 Å². The largest absolute Gasteiger partial charge is 0.485 e. The van der Waals surface area contributed by atoms with Crippen molar-refractivity contribution in [3.8, 4) is 5.75 Å². The molecule has 0 unspecified atom stereocenters. The van der Waals surface area contributed by atoms with Crippen LogP contribution >= 0.6 is 15.9 Å². The summed E-state index contributed by atoms with van der Waals surface area (Å²) in [4.78, 5) is 4.25. The number of aliphatic hydroxyl groups is 1. The van der Waals surface area contributed by atoms with Crippen molar-refractivity contribution in [2.24, 2.45) is 0 Å². The minimum Gasteiger partial charge on any atom is -0.485 e. The van der Waals surface area contributed by atoms with Gasteiger partial charge in [0.25, 0.3) is 0 Å². The molecule has 2 rings (SSSR count). The van der Waals surface area contributed by atoms with Gasteiger partial charge < -0.3 is 14.4 Å². The number of nitrogens with zero attached hydrogens (tertiary/aromatic N) is 2. The Bertz CT molecular complexity index is 596. The molecule has 0 fully saturated rings. The van der Waals surface area contributed by atoms with Gasteiger partial charge >= 0.3 is 0 Å². The van der Waals surface area contributed by atoms with Crippen LogP contribution in [0.4, 0.5) is 0 Å². The summed E-state index contributed by atoms with van der Waals surface area (Å²) in [5.41, 5.74) is 1.67. The number of aromatic nitrogens is 2. The van der Waals surface area contributed by atoms with Crippen LogP contribution in [-0.4, -0.2) is 15.2 Å². The zero-order valence-electron chi connectivity index (χ0n) is 11.7. The van der Waals surface area contributed by atoms with Crippen molar-refractivity contribution in [3.05, 3.63) is 39.4 Å². The molecular weight excluding hydrogens is 324 g/mol. The van der Waals surface area contributed by atoms with Crippen LogP contribution in [0.25, 0.3) is 0 Å². The number of halogens is 1. The average molecular weight is 341 g/mol. The van der Waals surface area contributed by atoms with Gasteiger partial charge in [-0.25, -0.2) is 0 Å². The summed E-state index contributed by atoms with van der Waals surface area (Å²) in [7, 11) is 0. The highest BCUT2D eigenvalue weighted by Crippen LogP contribution is 2.28. The summed E-state index contributed by atoms with van der Waals surface area (Å²) in [6, 6.07) is 3.77. The first-order valence-electron chi connectivity index (χ1n) is 6.36. The molecule has 0 aliphatic carbocycles. The van der Waals surface area contributed by atoms with Gasteiger partial charge in [0.05, 0.1) is 6.61 Å². The Labute approximate surface area is 126 Å². The third-order valence-corrected chi connectivity index (χ3v) is 3.27. The average Bonchev–Trinajstić information content (AvgIpc) is 2.85. The summed E-state index contributed by atoms with van der Waals surface area (Å²) in [5.74, 6) is 1.95. The fourth-order valence-electron chi connectivity index (χ4n) is 1.82. The first-order chi connectivity index (χ1) is 9.51. The van der Waals surface area contributed by atoms with E-state index in [1.807, 2.05) is 32.9 Å². The number of ether oxygens (including phenoxy) is 1. The molecule has 0 saturated carbocycles. The van der Waals surface area contributed by atoms with Gasteiger partial charge in [-0.1, -0.05) is 34.9 Å². The quantitative estimate of drug-likeness (QED) is 0.903. The van der Waals surface area contributed by atoms with Crippen LogP contribution in [-0.2, 0) is 13.2 Å². The van der Waals surface area contributed by atoms with Crippen molar-refractivity contribution in [1.29, 1.82) is 0 Å². The molecule has 1 heterocycles. The molecule has 1 N–H and O–H groups in total. The fraction of sp³-hybridized carbons (Fsp3) is 0.429. The molecule has 5 nitrogen and oxygen atoms in total. The number of hydrogen-bond acceptors (Lipinski definition) is 5. The molecule has 0 amide bonds. The van der Waals surface area contributed by atoms with Crippen molar-refractivity contribution < 1.29 is 14.4 Å². The van der Waals surface area contributed by atoms with E-state index < -0.39 is 0 Å². The molecule has 1 aromatic heterocycles. The summed E-state index contributed by atoms with van der Waals surface area (Å²) < 4.78 is 11.8. The van der Waals surface area contributed by atoms with Gasteiger partial charge in [-0.15, -0.1) is 0 Å². The molecular formula is C14H17BrN2O3. The number of benzene rings is 1. The lowest BCUT2D eigenvalue weighted by atomic mass is 10.1. The van der Waals surface area contributed by atoms with E-state index in [1.165, 1.54) is 0 Å². The Morgan fingerprint density at radius 1 is 1.40 bits per heavy atom. The maximum atomic E-state index is 9.39. The summed E-state index contributed by atoms with van der Waals surface area (Å²) >= 11 is 3.40. The molecule has 0 saturated heterocycles. The van der Waals surface area contributed by atoms with Crippen LogP contribution in [0.5, 0.6) is 5.75 Å². The Morgan fingerprint density at radius 3 is 2.75 bits per heavy atom. The molecule has 108 valence electrons. The Hall–Kier alpha value is -1.40. The predicted molar refractivity (Wildman–Crippen MR) is 77.5 cm³/mol. The second-order valence-electron chi connectivity index (χ2n) is 4.86. The zero-order valence-corrected chi connectivity index (χ0v) is 13.3. The topological polar surface area (TPSA) is 68.4 Å². The SMILES string of the molecule is Cc1cc(Br)cc(CO)c1OCc1noc(C(C)C)n1. The van der Waals surface area contributed by atoms with Crippen LogP contribution in [0.3, 0.4) is 0 Å². The van der Waals surface area contributed by atoms with E-state index in [1.54, 1.807) is 0 Å². The van der Waals surface area contributed by atoms with Crippen LogP contribution in [0.1, 0.15) is 42.6 Å². The molecule has 6 heteroatoms. The number of hydrogen-bond donors (Lipinski definition) is 1. The van der Waals surface area contributed by atoms with Crippen LogP contribution in [0, 0.1) is 6.92 Å². The highest BCUT2D eigenvalue weighted by atomic mass is 79.9. The molecule has 0 aliphatic rings. The van der Waals surface area contributed by atoms with Gasteiger partial charge in [-0.2, -0.15) is 4.98 Å². The summed E-state index contributed by atoms with van der Waals surface area (Å²) in [6.07, 6.45) is 0. The van der Waals surface area contributed by atoms with Crippen LogP contribution in [0.15, 0.2) is 21.1 Å². The van der Waals surface area contributed by atoms with Crippen LogP contribution < -0.4 is 4.74 Å². The fourth-order valence-corrected chi connectivity index (χ4v) is 2.44. The van der Waals surface area contributed by atoms with E-state index in [0.29, 0.717) is 17.5 Å². The first kappa shape index (κ1) is 15.0. The lowest BCUT2D eigenvalue weighted by Crippen LogP contribution is -2.02. The third kappa shape index (κ3) is 3.37. The van der Waals surface area contributed by atoms with Crippen molar-refractivity contribution in [2.75, 3.05) is 0 Å². The number of rotatable bonds is 5. The van der Waals surface area contributed by atoms with E-state index in [-0.39, 0.29) is 19.1 Å². The van der Waals surface area contributed by atoms with Gasteiger partial charge in [-0.05, 0) is 24.6 Å². The molecule has 1 aromatic carbocycles. The van der Waals surface area contributed by atoms with Gasteiger partial charge in [0.15, 0.2) is 6.61 Å². The molecule has 0 radical (unpaired) electrons. The molecule has 2 aromatic rings. The predicted octanol–water partition coefficient (Wildman–Crippen LogP) is 3.34. The lowest BCUT2D eigenvalue weighted by molar-refractivity contribution is 0.251. The maximum Gasteiger partial charge on any atom is 0.229 e. The van der Waals surface area contributed by atoms with Gasteiger partial charge in [0, 0.05) is 16.0 Å². The van der Waals surface area contributed by atoms with Gasteiger partial charge in [0.1, 0.15) is 5.75 Å². The molecule has 0 bridgehead atoms. The third-order valence-electron chi connectivity index (χ3n) is 2.81. The number of aliphatic hydroxyl groups excluding tert-OH is 1. The van der Waals surface area contributed by atoms with E-state index in [0.717, 1.165) is 15.6 Å². The lowest BCUT2D eigenvalue weighted by Gasteiger charge is -2.12. The summed E-state index contributed by atoms with van der Waals surface area (Å²) in [5, 5.41) is 13.3. The Kier molecular flexibility index (Phi) is 4.77. The molecule has 0 spiro atoms. The van der Waals surface area contributed by atoms with Gasteiger partial charge in [-0.3, -0.25) is 0 Å². The normalized spacial score (nSPS) is 11.1. The van der Waals surface area contributed by atoms with E-state index in [4.69, 9.17) is 9.26 Å². The number of aryl methyl sites for hydroxylation is 1. The van der Waals surface area contributed by atoms with Gasteiger partial charge in [0.2, 0.25) is 11.7 Å². The second kappa shape index (κ2) is 6.37. The van der Waals surface area contributed by atoms with Crippen molar-refractivity contribution in [3.63, 3.8) is 0 Å². The summed E-state index contributed by atoms with van der Waals surface area (Å²) in [6.45, 7) is 6.03. The smallest absolute Gasteiger partial charge is 0.229 e. The van der Waals surface area contributed by atoms with E-state index in [9.17, 15) is 5.11 Å². The van der Waals surface area contributed by atoms with Crippen molar-refractivity contribution >= 4 is 15.9 Å². The monoisotopic (exact) mass is 340 g/mol. The second-order valence-corrected chi connectivity index (χ2v) is 5.78. The molecule has 0 aliphatic heterocycles. The van der Waals surface area contributed by atoms with Crippen LogP contribution in [0.2, 0.25) is 0 Å². The standard InChI is InChI=1S/C14H17BrN2O3/c1-8(2)14-16-12(17-20-14)7-19-13-9(3)4-11(15)5-10(13)6-18/h4-5,8,18H,6-7H2,1-3H3. The molecule has 0 atom stereocenters. The first-order valence-corrected chi connectivity index (χ1v) is 7.15. The highest BCUT2D eigenvalue weighted by molar-refractivity contribution is 9.10. The Morgan fingerprint density at radius 2 is 2.15 bits per heavy atom. The Balaban J connectivity index is 2.14. The zero-order chi connectivity index (χ0) is 14.7. The van der Waals surface area contributed by atoms with Crippen molar-refractivity contribution in [2.45, 2.75) is 39.9 Å².